The summed E-state index contributed by atoms with van der Waals surface area (Å²) in [7, 11) is 0. The highest BCUT2D eigenvalue weighted by Gasteiger charge is 2.32. The monoisotopic (exact) mass is 407 g/mol. The van der Waals surface area contributed by atoms with Gasteiger partial charge in [-0.2, -0.15) is 23.0 Å². The summed E-state index contributed by atoms with van der Waals surface area (Å²) < 4.78 is 57.4. The lowest BCUT2D eigenvalue weighted by molar-refractivity contribution is -0.141. The minimum atomic E-state index is -4.62. The molecule has 0 aliphatic carbocycles. The number of benzene rings is 1. The van der Waals surface area contributed by atoms with Crippen LogP contribution in [0.25, 0.3) is 16.9 Å². The number of aromatic nitrogens is 3. The van der Waals surface area contributed by atoms with Crippen LogP contribution in [-0.4, -0.2) is 27.3 Å². The average Bonchev–Trinajstić information content (AvgIpc) is 2.68. The Morgan fingerprint density at radius 1 is 1.17 bits per heavy atom. The normalized spacial score (nSPS) is 11.3. The number of rotatable bonds is 4. The summed E-state index contributed by atoms with van der Waals surface area (Å²) in [6.07, 6.45) is -3.71. The molecule has 10 heteroatoms. The van der Waals surface area contributed by atoms with E-state index in [4.69, 9.17) is 4.74 Å². The van der Waals surface area contributed by atoms with Gasteiger partial charge >= 0.3 is 12.1 Å². The van der Waals surface area contributed by atoms with Gasteiger partial charge < -0.3 is 4.74 Å². The van der Waals surface area contributed by atoms with E-state index in [0.29, 0.717) is 0 Å². The molecule has 0 bridgehead atoms. The van der Waals surface area contributed by atoms with Crippen LogP contribution in [0.4, 0.5) is 17.6 Å². The van der Waals surface area contributed by atoms with Crippen LogP contribution in [0.2, 0.25) is 0 Å². The fourth-order valence-electron chi connectivity index (χ4n) is 2.49. The first-order valence-corrected chi connectivity index (χ1v) is 8.31. The summed E-state index contributed by atoms with van der Waals surface area (Å²) in [5.74, 6) is -1.58. The highest BCUT2D eigenvalue weighted by molar-refractivity contribution is 5.90. The van der Waals surface area contributed by atoms with Crippen molar-refractivity contribution in [2.75, 3.05) is 6.61 Å². The Labute approximate surface area is 161 Å². The van der Waals surface area contributed by atoms with Crippen LogP contribution in [0.3, 0.4) is 0 Å². The van der Waals surface area contributed by atoms with Gasteiger partial charge in [0.1, 0.15) is 17.1 Å². The Morgan fingerprint density at radius 2 is 1.93 bits per heavy atom. The summed E-state index contributed by atoms with van der Waals surface area (Å²) in [5.41, 5.74) is -2.24. The summed E-state index contributed by atoms with van der Waals surface area (Å²) in [5, 5.41) is 4.06. The zero-order valence-corrected chi connectivity index (χ0v) is 14.9. The number of esters is 1. The number of hydrogen-bond acceptors (Lipinski definition) is 5. The highest BCUT2D eigenvalue weighted by atomic mass is 19.4. The topological polar surface area (TPSA) is 74.1 Å². The van der Waals surface area contributed by atoms with Gasteiger partial charge in [0.2, 0.25) is 0 Å². The number of carbonyl (C=O) groups excluding carboxylic acids is 1. The van der Waals surface area contributed by atoms with Gasteiger partial charge in [-0.05, 0) is 43.3 Å². The molecule has 0 atom stereocenters. The van der Waals surface area contributed by atoms with Gasteiger partial charge in [-0.15, -0.1) is 0 Å². The fourth-order valence-corrected chi connectivity index (χ4v) is 2.49. The zero-order valence-electron chi connectivity index (χ0n) is 14.9. The molecule has 29 heavy (non-hydrogen) atoms. The van der Waals surface area contributed by atoms with E-state index in [1.807, 2.05) is 0 Å². The Kier molecular flexibility index (Phi) is 5.44. The number of alkyl halides is 3. The van der Waals surface area contributed by atoms with Crippen LogP contribution >= 0.6 is 0 Å². The lowest BCUT2D eigenvalue weighted by Gasteiger charge is -2.11. The van der Waals surface area contributed by atoms with Gasteiger partial charge in [-0.3, -0.25) is 9.78 Å². The lowest BCUT2D eigenvalue weighted by atomic mass is 10.1. The molecule has 0 spiro atoms. The molecule has 0 aliphatic heterocycles. The summed E-state index contributed by atoms with van der Waals surface area (Å²) in [4.78, 5) is 28.2. The van der Waals surface area contributed by atoms with Crippen molar-refractivity contribution in [1.29, 1.82) is 0 Å². The lowest BCUT2D eigenvalue weighted by Crippen LogP contribution is -2.28. The molecule has 2 heterocycles. The van der Waals surface area contributed by atoms with Crippen LogP contribution in [0, 0.1) is 5.82 Å². The van der Waals surface area contributed by atoms with Crippen molar-refractivity contribution in [2.24, 2.45) is 0 Å². The molecule has 3 rings (SSSR count). The molecular weight excluding hydrogens is 394 g/mol. The Balaban J connectivity index is 2.19. The minimum Gasteiger partial charge on any atom is -0.462 e. The number of ether oxygens (including phenoxy) is 1. The van der Waals surface area contributed by atoms with E-state index in [1.54, 1.807) is 6.92 Å². The molecule has 0 aliphatic rings. The van der Waals surface area contributed by atoms with Gasteiger partial charge in [0.15, 0.2) is 0 Å². The van der Waals surface area contributed by atoms with E-state index in [9.17, 15) is 27.2 Å². The van der Waals surface area contributed by atoms with Crippen molar-refractivity contribution >= 4 is 5.97 Å². The summed E-state index contributed by atoms with van der Waals surface area (Å²) in [6.45, 7) is 1.54. The molecule has 150 valence electrons. The highest BCUT2D eigenvalue weighted by Crippen LogP contribution is 2.28. The molecule has 0 amide bonds. The second kappa shape index (κ2) is 7.82. The third kappa shape index (κ3) is 4.31. The van der Waals surface area contributed by atoms with Gasteiger partial charge in [0, 0.05) is 11.8 Å². The van der Waals surface area contributed by atoms with E-state index in [1.165, 1.54) is 12.1 Å². The van der Waals surface area contributed by atoms with Crippen molar-refractivity contribution in [3.8, 4) is 16.9 Å². The maximum Gasteiger partial charge on any atom is 0.433 e. The molecule has 1 aromatic carbocycles. The van der Waals surface area contributed by atoms with Gasteiger partial charge in [0.25, 0.3) is 5.56 Å². The van der Waals surface area contributed by atoms with Crippen molar-refractivity contribution in [3.05, 3.63) is 76.1 Å². The predicted octanol–water partition coefficient (Wildman–Crippen LogP) is 3.63. The van der Waals surface area contributed by atoms with Crippen LogP contribution in [0.1, 0.15) is 23.0 Å². The molecule has 2 aromatic heterocycles. The Morgan fingerprint density at radius 3 is 2.52 bits per heavy atom. The molecule has 3 aromatic rings. The van der Waals surface area contributed by atoms with E-state index >= 15 is 0 Å². The standard InChI is InChI=1S/C19H13F4N3O3/c1-2-29-18(28)14-9-15(11-6-7-16(24-10-11)19(21,22)23)25-26(17(14)27)13-5-3-4-12(20)8-13/h3-10H,2H2,1H3. The fraction of sp³-hybridized carbons (Fsp3) is 0.158. The first-order valence-electron chi connectivity index (χ1n) is 8.31. The maximum absolute atomic E-state index is 13.6. The van der Waals surface area contributed by atoms with Gasteiger partial charge in [-0.25, -0.2) is 9.18 Å². The van der Waals surface area contributed by atoms with Gasteiger partial charge in [-0.1, -0.05) is 6.07 Å². The van der Waals surface area contributed by atoms with Crippen LogP contribution in [-0.2, 0) is 10.9 Å². The van der Waals surface area contributed by atoms with Gasteiger partial charge in [0.05, 0.1) is 18.0 Å². The number of pyridine rings is 1. The summed E-state index contributed by atoms with van der Waals surface area (Å²) >= 11 is 0. The van der Waals surface area contributed by atoms with Crippen molar-refractivity contribution in [2.45, 2.75) is 13.1 Å². The van der Waals surface area contributed by atoms with Crippen LogP contribution < -0.4 is 5.56 Å². The molecule has 6 nitrogen and oxygen atoms in total. The van der Waals surface area contributed by atoms with E-state index in [-0.39, 0.29) is 23.6 Å². The van der Waals surface area contributed by atoms with E-state index in [2.05, 4.69) is 10.1 Å². The SMILES string of the molecule is CCOC(=O)c1cc(-c2ccc(C(F)(F)F)nc2)nn(-c2cccc(F)c2)c1=O. The smallest absolute Gasteiger partial charge is 0.433 e. The maximum atomic E-state index is 13.6. The Bertz CT molecular complexity index is 1110. The third-order valence-corrected chi connectivity index (χ3v) is 3.81. The molecule has 0 radical (unpaired) electrons. The molecular formula is C19H13F4N3O3. The molecule has 0 unspecified atom stereocenters. The summed E-state index contributed by atoms with van der Waals surface area (Å²) in [6, 6.07) is 7.87. The minimum absolute atomic E-state index is 0.00225. The van der Waals surface area contributed by atoms with Crippen LogP contribution in [0.15, 0.2) is 53.5 Å². The zero-order chi connectivity index (χ0) is 21.2. The predicted molar refractivity (Wildman–Crippen MR) is 94.0 cm³/mol. The first-order chi connectivity index (χ1) is 13.7. The van der Waals surface area contributed by atoms with Crippen molar-refractivity contribution < 1.29 is 27.1 Å². The number of halogens is 4. The van der Waals surface area contributed by atoms with E-state index in [0.717, 1.165) is 41.2 Å². The average molecular weight is 407 g/mol. The van der Waals surface area contributed by atoms with Crippen molar-refractivity contribution in [3.63, 3.8) is 0 Å². The molecule has 0 saturated carbocycles. The quantitative estimate of drug-likeness (QED) is 0.488. The number of hydrogen-bond donors (Lipinski definition) is 0. The second-order valence-corrected chi connectivity index (χ2v) is 5.79. The number of carbonyl (C=O) groups is 1. The third-order valence-electron chi connectivity index (χ3n) is 3.81. The van der Waals surface area contributed by atoms with E-state index < -0.39 is 34.8 Å². The van der Waals surface area contributed by atoms with Crippen LogP contribution in [0.5, 0.6) is 0 Å². The largest absolute Gasteiger partial charge is 0.462 e. The Hall–Kier alpha value is -3.56. The second-order valence-electron chi connectivity index (χ2n) is 5.79. The molecule has 0 saturated heterocycles. The van der Waals surface area contributed by atoms with Crippen molar-refractivity contribution in [1.82, 2.24) is 14.8 Å². The molecule has 0 fully saturated rings. The first kappa shape index (κ1) is 20.2. The number of nitrogens with zero attached hydrogens (tertiary/aromatic N) is 3. The molecule has 0 N–H and O–H groups in total.